The second-order valence-corrected chi connectivity index (χ2v) is 14.5. The molecule has 1 aliphatic rings. The number of ether oxygens (including phenoxy) is 1. The highest BCUT2D eigenvalue weighted by Gasteiger charge is 2.32. The molecule has 0 aromatic carbocycles. The molecule has 2 aromatic heterocycles. The Kier molecular flexibility index (Phi) is 10.8. The number of imidazole rings is 1. The maximum absolute atomic E-state index is 13.4. The Labute approximate surface area is 236 Å². The number of carbonyl (C=O) groups excluding carboxylic acids is 2. The number of rotatable bonds is 12. The first-order chi connectivity index (χ1) is 18.2. The highest BCUT2D eigenvalue weighted by molar-refractivity contribution is 8.14. The van der Waals surface area contributed by atoms with Gasteiger partial charge < -0.3 is 10.5 Å². The van der Waals surface area contributed by atoms with Gasteiger partial charge in [-0.15, -0.1) is 0 Å². The SMILES string of the molecule is CC(C)(C)C(=O)SCCOP(=O)(OCCSC(=O)C(C)(C)C)OC[C@@H]1C=C[C@H](n2cnc3c(N)ncnc32)O1. The zero-order chi connectivity index (χ0) is 28.8. The molecular formula is C24H36N5O7PS2. The van der Waals surface area contributed by atoms with Gasteiger partial charge in [0.2, 0.25) is 0 Å². The monoisotopic (exact) mass is 601 g/mol. The van der Waals surface area contributed by atoms with Gasteiger partial charge in [0.25, 0.3) is 0 Å². The summed E-state index contributed by atoms with van der Waals surface area (Å²) in [5.41, 5.74) is 5.84. The van der Waals surface area contributed by atoms with Crippen molar-refractivity contribution in [2.75, 3.05) is 37.1 Å². The first-order valence-electron chi connectivity index (χ1n) is 12.3. The van der Waals surface area contributed by atoms with Crippen LogP contribution < -0.4 is 5.73 Å². The first-order valence-corrected chi connectivity index (χ1v) is 15.8. The zero-order valence-corrected chi connectivity index (χ0v) is 25.5. The van der Waals surface area contributed by atoms with Gasteiger partial charge in [-0.25, -0.2) is 19.5 Å². The molecule has 0 saturated heterocycles. The zero-order valence-electron chi connectivity index (χ0n) is 23.0. The molecule has 0 unspecified atom stereocenters. The molecule has 0 bridgehead atoms. The van der Waals surface area contributed by atoms with E-state index in [0.717, 1.165) is 23.5 Å². The number of hydrogen-bond donors (Lipinski definition) is 1. The van der Waals surface area contributed by atoms with Gasteiger partial charge in [0.05, 0.1) is 26.1 Å². The smallest absolute Gasteiger partial charge is 0.382 e. The number of fused-ring (bicyclic) bond motifs is 1. The Morgan fingerprint density at radius 3 is 2.13 bits per heavy atom. The van der Waals surface area contributed by atoms with Gasteiger partial charge >= 0.3 is 7.82 Å². The van der Waals surface area contributed by atoms with E-state index in [1.54, 1.807) is 23.0 Å². The molecule has 0 amide bonds. The van der Waals surface area contributed by atoms with Crippen molar-refractivity contribution >= 4 is 58.6 Å². The van der Waals surface area contributed by atoms with Crippen LogP contribution >= 0.6 is 31.3 Å². The van der Waals surface area contributed by atoms with Crippen LogP contribution in [0.2, 0.25) is 0 Å². The van der Waals surface area contributed by atoms with Crippen molar-refractivity contribution in [3.63, 3.8) is 0 Å². The summed E-state index contributed by atoms with van der Waals surface area (Å²) in [5, 5.41) is -0.0103. The number of aromatic nitrogens is 4. The van der Waals surface area contributed by atoms with E-state index < -0.39 is 31.0 Å². The normalized spacial score (nSPS) is 18.2. The number of hydrogen-bond acceptors (Lipinski definition) is 13. The van der Waals surface area contributed by atoms with Crippen LogP contribution in [-0.2, 0) is 32.5 Å². The summed E-state index contributed by atoms with van der Waals surface area (Å²) in [4.78, 5) is 36.7. The number of anilines is 1. The van der Waals surface area contributed by atoms with Gasteiger partial charge in [0.15, 0.2) is 27.9 Å². The fourth-order valence-electron chi connectivity index (χ4n) is 3.07. The minimum absolute atomic E-state index is 0.00514. The second kappa shape index (κ2) is 13.2. The summed E-state index contributed by atoms with van der Waals surface area (Å²) in [6, 6.07) is 0. The van der Waals surface area contributed by atoms with E-state index in [-0.39, 0.29) is 47.4 Å². The Balaban J connectivity index is 1.56. The largest absolute Gasteiger partial charge is 0.474 e. The molecule has 0 spiro atoms. The third kappa shape index (κ3) is 9.10. The summed E-state index contributed by atoms with van der Waals surface area (Å²) >= 11 is 2.19. The topological polar surface area (TPSA) is 158 Å². The van der Waals surface area contributed by atoms with Gasteiger partial charge in [-0.3, -0.25) is 27.7 Å². The lowest BCUT2D eigenvalue weighted by Gasteiger charge is -2.21. The molecule has 3 heterocycles. The van der Waals surface area contributed by atoms with Crippen LogP contribution in [0.5, 0.6) is 0 Å². The van der Waals surface area contributed by atoms with Gasteiger partial charge in [-0.1, -0.05) is 71.1 Å². The molecule has 1 aliphatic heterocycles. The van der Waals surface area contributed by atoms with Crippen molar-refractivity contribution in [3.05, 3.63) is 24.8 Å². The number of phosphoric ester groups is 1. The van der Waals surface area contributed by atoms with E-state index in [2.05, 4.69) is 15.0 Å². The highest BCUT2D eigenvalue weighted by atomic mass is 32.2. The fourth-order valence-corrected chi connectivity index (χ4v) is 6.07. The molecular weight excluding hydrogens is 565 g/mol. The lowest BCUT2D eigenvalue weighted by atomic mass is 9.99. The minimum Gasteiger partial charge on any atom is -0.382 e. The third-order valence-electron chi connectivity index (χ3n) is 5.22. The Morgan fingerprint density at radius 1 is 0.974 bits per heavy atom. The minimum atomic E-state index is -4.02. The molecule has 2 aromatic rings. The van der Waals surface area contributed by atoms with Gasteiger partial charge in [0, 0.05) is 22.3 Å². The molecule has 15 heteroatoms. The van der Waals surface area contributed by atoms with Crippen LogP contribution in [0.15, 0.2) is 24.8 Å². The Bertz CT molecular complexity index is 1200. The van der Waals surface area contributed by atoms with Crippen molar-refractivity contribution in [1.29, 1.82) is 0 Å². The molecule has 216 valence electrons. The quantitative estimate of drug-likeness (QED) is 0.204. The van der Waals surface area contributed by atoms with Crippen LogP contribution in [0.1, 0.15) is 47.8 Å². The lowest BCUT2D eigenvalue weighted by Crippen LogP contribution is -2.19. The van der Waals surface area contributed by atoms with E-state index in [4.69, 9.17) is 24.0 Å². The van der Waals surface area contributed by atoms with Crippen LogP contribution in [0.3, 0.4) is 0 Å². The summed E-state index contributed by atoms with van der Waals surface area (Å²) in [6.45, 7) is 10.8. The molecule has 0 aliphatic carbocycles. The predicted octanol–water partition coefficient (Wildman–Crippen LogP) is 4.63. The van der Waals surface area contributed by atoms with E-state index in [9.17, 15) is 14.2 Å². The average molecular weight is 602 g/mol. The van der Waals surface area contributed by atoms with Crippen LogP contribution in [0.25, 0.3) is 11.2 Å². The maximum Gasteiger partial charge on any atom is 0.474 e. The van der Waals surface area contributed by atoms with Crippen molar-refractivity contribution in [2.24, 2.45) is 10.8 Å². The van der Waals surface area contributed by atoms with E-state index in [0.29, 0.717) is 11.2 Å². The van der Waals surface area contributed by atoms with Crippen molar-refractivity contribution in [2.45, 2.75) is 53.9 Å². The van der Waals surface area contributed by atoms with E-state index >= 15 is 0 Å². The summed E-state index contributed by atoms with van der Waals surface area (Å²) in [6.07, 6.45) is 5.38. The Hall–Kier alpha value is -1.80. The number of nitrogens with two attached hydrogens (primary N) is 1. The standard InChI is InChI=1S/C24H36N5O7PS2/c1-23(2,3)21(30)38-11-9-33-37(32,34-10-12-39-22(31)24(4,5)6)35-13-16-7-8-17(36-16)29-15-28-18-19(25)26-14-27-20(18)29/h7-8,14-17H,9-13H2,1-6H3,(H2,25,26,27)/t16-,17+/m0/s1. The van der Waals surface area contributed by atoms with Crippen molar-refractivity contribution in [1.82, 2.24) is 19.5 Å². The maximum atomic E-state index is 13.4. The van der Waals surface area contributed by atoms with Gasteiger partial charge in [-0.05, 0) is 6.08 Å². The molecule has 3 rings (SSSR count). The summed E-state index contributed by atoms with van der Waals surface area (Å²) in [5.74, 6) is 0.829. The highest BCUT2D eigenvalue weighted by Crippen LogP contribution is 2.50. The van der Waals surface area contributed by atoms with Crippen molar-refractivity contribution in [3.8, 4) is 0 Å². The molecule has 0 fully saturated rings. The van der Waals surface area contributed by atoms with Gasteiger partial charge in [0.1, 0.15) is 17.9 Å². The molecule has 39 heavy (non-hydrogen) atoms. The molecule has 2 N–H and O–H groups in total. The number of thioether (sulfide) groups is 2. The van der Waals surface area contributed by atoms with Crippen LogP contribution in [0.4, 0.5) is 5.82 Å². The van der Waals surface area contributed by atoms with E-state index in [1.807, 2.05) is 41.5 Å². The Morgan fingerprint density at radius 2 is 1.56 bits per heavy atom. The van der Waals surface area contributed by atoms with Crippen LogP contribution in [0, 0.1) is 10.8 Å². The molecule has 0 saturated carbocycles. The van der Waals surface area contributed by atoms with Crippen molar-refractivity contribution < 1.29 is 32.5 Å². The third-order valence-corrected chi connectivity index (χ3v) is 9.17. The average Bonchev–Trinajstić information content (AvgIpc) is 3.49. The number of phosphoric acid groups is 1. The molecule has 0 radical (unpaired) electrons. The lowest BCUT2D eigenvalue weighted by molar-refractivity contribution is -0.118. The number of nitrogens with zero attached hydrogens (tertiary/aromatic N) is 4. The predicted molar refractivity (Wildman–Crippen MR) is 152 cm³/mol. The van der Waals surface area contributed by atoms with Gasteiger partial charge in [-0.2, -0.15) is 0 Å². The molecule has 12 nitrogen and oxygen atoms in total. The molecule has 2 atom stereocenters. The van der Waals surface area contributed by atoms with E-state index in [1.165, 1.54) is 6.33 Å². The van der Waals surface area contributed by atoms with Crippen LogP contribution in [-0.4, -0.2) is 67.2 Å². The summed E-state index contributed by atoms with van der Waals surface area (Å²) < 4.78 is 37.7. The fraction of sp³-hybridized carbons (Fsp3) is 0.625. The summed E-state index contributed by atoms with van der Waals surface area (Å²) in [7, 11) is -4.02. The number of carbonyl (C=O) groups is 2. The second-order valence-electron chi connectivity index (χ2n) is 10.7. The first kappa shape index (κ1) is 31.7. The number of nitrogen functional groups attached to an aromatic ring is 1.